The summed E-state index contributed by atoms with van der Waals surface area (Å²) in [7, 11) is 0. The maximum atomic E-state index is 6.61. The molecule has 0 atom stereocenters. The number of benzene rings is 8. The van der Waals surface area contributed by atoms with Crippen LogP contribution < -0.4 is 26.2 Å². The fourth-order valence-corrected chi connectivity index (χ4v) is 11.8. The van der Waals surface area contributed by atoms with E-state index in [0.717, 1.165) is 33.3 Å². The van der Waals surface area contributed by atoms with Crippen molar-refractivity contribution in [1.82, 2.24) is 0 Å². The van der Waals surface area contributed by atoms with Gasteiger partial charge in [-0.2, -0.15) is 0 Å². The third kappa shape index (κ3) is 6.22. The van der Waals surface area contributed by atoms with Gasteiger partial charge < -0.3 is 14.2 Å². The molecule has 2 aliphatic rings. The second kappa shape index (κ2) is 14.0. The lowest BCUT2D eigenvalue weighted by molar-refractivity contribution is 0.589. The quantitative estimate of drug-likeness (QED) is 0.165. The summed E-state index contributed by atoms with van der Waals surface area (Å²) in [6.45, 7) is 21.0. The highest BCUT2D eigenvalue weighted by molar-refractivity contribution is 7.26. The number of para-hydroxylation sites is 1. The van der Waals surface area contributed by atoms with Gasteiger partial charge in [-0.05, 0) is 121 Å². The zero-order chi connectivity index (χ0) is 44.7. The Labute approximate surface area is 387 Å². The molecule has 0 fully saturated rings. The molecule has 318 valence electrons. The summed E-state index contributed by atoms with van der Waals surface area (Å²) in [4.78, 5) is 5.11. The molecule has 65 heavy (non-hydrogen) atoms. The highest BCUT2D eigenvalue weighted by Gasteiger charge is 2.45. The number of rotatable bonds is 3. The molecule has 2 aliphatic heterocycles. The Morgan fingerprint density at radius 1 is 0.431 bits per heavy atom. The minimum atomic E-state index is -0.127. The van der Waals surface area contributed by atoms with Gasteiger partial charge in [0.15, 0.2) is 0 Å². The lowest BCUT2D eigenvalue weighted by Crippen LogP contribution is -2.61. The average Bonchev–Trinajstić information content (AvgIpc) is 3.86. The molecule has 5 heteroatoms. The summed E-state index contributed by atoms with van der Waals surface area (Å²) < 4.78 is 9.27. The van der Waals surface area contributed by atoms with Crippen molar-refractivity contribution in [3.05, 3.63) is 174 Å². The predicted octanol–water partition coefficient (Wildman–Crippen LogP) is 15.6. The summed E-state index contributed by atoms with van der Waals surface area (Å²) in [6, 6.07) is 59.7. The first-order valence-electron chi connectivity index (χ1n) is 23.1. The van der Waals surface area contributed by atoms with E-state index in [2.05, 4.69) is 230 Å². The molecule has 2 aromatic heterocycles. The number of furan rings is 1. The van der Waals surface area contributed by atoms with Crippen molar-refractivity contribution in [2.24, 2.45) is 0 Å². The minimum Gasteiger partial charge on any atom is -0.456 e. The van der Waals surface area contributed by atoms with Gasteiger partial charge in [-0.3, -0.25) is 0 Å². The molecule has 0 N–H and O–H groups in total. The molecule has 0 aliphatic carbocycles. The molecule has 0 spiro atoms. The topological polar surface area (TPSA) is 19.6 Å². The molecule has 0 bridgehead atoms. The van der Waals surface area contributed by atoms with Gasteiger partial charge in [-0.15, -0.1) is 11.3 Å². The van der Waals surface area contributed by atoms with Crippen LogP contribution in [0.2, 0.25) is 0 Å². The van der Waals surface area contributed by atoms with Gasteiger partial charge in [0.05, 0.1) is 0 Å². The van der Waals surface area contributed by atoms with Gasteiger partial charge >= 0.3 is 0 Å². The van der Waals surface area contributed by atoms with Crippen LogP contribution >= 0.6 is 11.3 Å². The fourth-order valence-electron chi connectivity index (χ4n) is 10.5. The van der Waals surface area contributed by atoms with E-state index in [9.17, 15) is 0 Å². The van der Waals surface area contributed by atoms with Crippen molar-refractivity contribution in [3.63, 3.8) is 0 Å². The Morgan fingerprint density at radius 2 is 1.03 bits per heavy atom. The van der Waals surface area contributed by atoms with Crippen LogP contribution in [0.15, 0.2) is 162 Å². The first kappa shape index (κ1) is 40.0. The monoisotopic (exact) mass is 860 g/mol. The van der Waals surface area contributed by atoms with E-state index in [1.165, 1.54) is 87.1 Å². The Bertz CT molecular complexity index is 3570. The molecule has 10 aromatic rings. The first-order chi connectivity index (χ1) is 31.1. The normalized spacial score (nSPS) is 13.8. The smallest absolute Gasteiger partial charge is 0.252 e. The van der Waals surface area contributed by atoms with Crippen LogP contribution in [0, 0.1) is 0 Å². The Morgan fingerprint density at radius 3 is 1.77 bits per heavy atom. The van der Waals surface area contributed by atoms with Crippen LogP contribution in [0.3, 0.4) is 0 Å². The van der Waals surface area contributed by atoms with Crippen molar-refractivity contribution < 1.29 is 4.42 Å². The number of hydrogen-bond donors (Lipinski definition) is 0. The fraction of sp³-hybridized carbons (Fsp3) is 0.200. The van der Waals surface area contributed by atoms with Crippen molar-refractivity contribution in [1.29, 1.82) is 0 Å². The van der Waals surface area contributed by atoms with E-state index in [-0.39, 0.29) is 23.0 Å². The van der Waals surface area contributed by atoms with Gasteiger partial charge in [0, 0.05) is 71.1 Å². The van der Waals surface area contributed by atoms with Gasteiger partial charge in [0.1, 0.15) is 11.2 Å². The van der Waals surface area contributed by atoms with E-state index in [0.29, 0.717) is 0 Å². The third-order valence-electron chi connectivity index (χ3n) is 14.1. The lowest BCUT2D eigenvalue weighted by Gasteiger charge is -2.45. The summed E-state index contributed by atoms with van der Waals surface area (Å²) in [5.74, 6) is 0. The van der Waals surface area contributed by atoms with Gasteiger partial charge in [0.2, 0.25) is 0 Å². The van der Waals surface area contributed by atoms with Gasteiger partial charge in [-0.25, -0.2) is 0 Å². The van der Waals surface area contributed by atoms with Crippen LogP contribution in [0.25, 0.3) is 53.2 Å². The largest absolute Gasteiger partial charge is 0.456 e. The number of thiophene rings is 1. The molecular weight excluding hydrogens is 808 g/mol. The van der Waals surface area contributed by atoms with Crippen LogP contribution in [-0.2, 0) is 16.2 Å². The molecule has 0 saturated carbocycles. The minimum absolute atomic E-state index is 0.0163. The Kier molecular flexibility index (Phi) is 8.60. The van der Waals surface area contributed by atoms with Crippen molar-refractivity contribution in [2.75, 3.05) is 9.80 Å². The highest BCUT2D eigenvalue weighted by Crippen LogP contribution is 2.48. The van der Waals surface area contributed by atoms with E-state index >= 15 is 0 Å². The van der Waals surface area contributed by atoms with Crippen molar-refractivity contribution in [2.45, 2.75) is 78.6 Å². The number of hydrogen-bond acceptors (Lipinski definition) is 4. The van der Waals surface area contributed by atoms with Crippen molar-refractivity contribution in [3.8, 4) is 11.1 Å². The summed E-state index contributed by atoms with van der Waals surface area (Å²) in [5, 5.41) is 4.92. The maximum Gasteiger partial charge on any atom is 0.252 e. The van der Waals surface area contributed by atoms with E-state index in [1.807, 2.05) is 11.3 Å². The molecule has 0 saturated heterocycles. The molecule has 0 unspecified atom stereocenters. The Hall–Kier alpha value is -6.56. The molecule has 3 nitrogen and oxygen atoms in total. The van der Waals surface area contributed by atoms with Crippen LogP contribution in [0.5, 0.6) is 0 Å². The lowest BCUT2D eigenvalue weighted by atomic mass is 9.33. The zero-order valence-electron chi connectivity index (χ0n) is 38.8. The SMILES string of the molecule is CC(C)(C)c1ccc2c(c1)B1c3ccc(C(C)(C)C)cc3N(c3ccc4c(c3)oc3ccccc34)c3cc(C(C)(C)C)cc(c31)N2c1ccc(-c2cccc3c2sc2ccccc23)cc1. The van der Waals surface area contributed by atoms with E-state index in [4.69, 9.17) is 4.42 Å². The van der Waals surface area contributed by atoms with Crippen LogP contribution in [0.4, 0.5) is 34.1 Å². The van der Waals surface area contributed by atoms with E-state index < -0.39 is 0 Å². The second-order valence-electron chi connectivity index (χ2n) is 21.4. The van der Waals surface area contributed by atoms with Crippen molar-refractivity contribution >= 4 is 111 Å². The third-order valence-corrected chi connectivity index (χ3v) is 15.3. The summed E-state index contributed by atoms with van der Waals surface area (Å²) in [6.07, 6.45) is 0. The van der Waals surface area contributed by atoms with Gasteiger partial charge in [0.25, 0.3) is 6.71 Å². The van der Waals surface area contributed by atoms with E-state index in [1.54, 1.807) is 0 Å². The first-order valence-corrected chi connectivity index (χ1v) is 23.9. The van der Waals surface area contributed by atoms with Crippen LogP contribution in [-0.4, -0.2) is 6.71 Å². The summed E-state index contributed by atoms with van der Waals surface area (Å²) in [5.41, 5.74) is 19.2. The molecule has 4 heterocycles. The predicted molar refractivity (Wildman–Crippen MR) is 282 cm³/mol. The second-order valence-corrected chi connectivity index (χ2v) is 22.5. The molecular formula is C60H53BN2OS. The van der Waals surface area contributed by atoms with Crippen LogP contribution in [0.1, 0.15) is 79.0 Å². The van der Waals surface area contributed by atoms with Gasteiger partial charge in [-0.1, -0.05) is 153 Å². The maximum absolute atomic E-state index is 6.61. The highest BCUT2D eigenvalue weighted by atomic mass is 32.1. The molecule has 12 rings (SSSR count). The number of anilines is 6. The molecule has 8 aromatic carbocycles. The molecule has 0 amide bonds. The molecule has 0 radical (unpaired) electrons. The summed E-state index contributed by atoms with van der Waals surface area (Å²) >= 11 is 1.89. The zero-order valence-corrected chi connectivity index (χ0v) is 39.6. The Balaban J connectivity index is 1.12. The number of nitrogens with zero attached hydrogens (tertiary/aromatic N) is 2. The standard InChI is InChI=1S/C60H53BN2OS/c1-58(2,3)37-24-30-49-48(31-37)61-47-29-23-38(59(4,5)6)32-50(47)63(41-27-28-44-43-15-10-12-19-53(43)64-54(44)35-41)52-34-39(60(7,8)9)33-51(56(52)61)62(49)40-25-21-36(22-26-40)42-17-14-18-46-45-16-11-13-20-55(45)65-57(42)46/h10-35H,1-9H3. The average molecular weight is 861 g/mol. The number of fused-ring (bicyclic) bond motifs is 10.